The molecule has 4 heteroatoms. The molecule has 21 heavy (non-hydrogen) atoms. The van der Waals surface area contributed by atoms with Gasteiger partial charge in [-0.15, -0.1) is 0 Å². The minimum Gasteiger partial charge on any atom is -0.465 e. The molecule has 0 aliphatic carbocycles. The smallest absolute Gasteiger partial charge is 0.338 e. The molecule has 0 saturated carbocycles. The number of methoxy groups -OCH3 is 1. The van der Waals surface area contributed by atoms with E-state index < -0.39 is 0 Å². The molecule has 0 bridgehead atoms. The number of rotatable bonds is 2. The molecule has 3 aromatic rings. The third-order valence-electron chi connectivity index (χ3n) is 3.27. The van der Waals surface area contributed by atoms with E-state index in [1.807, 2.05) is 42.5 Å². The Hall–Kier alpha value is -2.39. The predicted octanol–water partition coefficient (Wildman–Crippen LogP) is 4.34. The van der Waals surface area contributed by atoms with Gasteiger partial charge in [0.15, 0.2) is 0 Å². The lowest BCUT2D eigenvalue weighted by Gasteiger charge is -2.09. The predicted molar refractivity (Wildman–Crippen MR) is 83.5 cm³/mol. The molecule has 3 rings (SSSR count). The quantitative estimate of drug-likeness (QED) is 0.660. The fourth-order valence-electron chi connectivity index (χ4n) is 2.26. The molecule has 0 aliphatic heterocycles. The molecule has 1 heterocycles. The summed E-state index contributed by atoms with van der Waals surface area (Å²) in [5.74, 6) is -0.387. The SMILES string of the molecule is COC(=O)c1cc(-c2ccccc2Cl)nc2ccccc12. The van der Waals surface area contributed by atoms with Crippen LogP contribution in [-0.4, -0.2) is 18.1 Å². The van der Waals surface area contributed by atoms with Crippen molar-refractivity contribution in [1.29, 1.82) is 0 Å². The maximum Gasteiger partial charge on any atom is 0.338 e. The number of nitrogens with zero attached hydrogens (tertiary/aromatic N) is 1. The van der Waals surface area contributed by atoms with Gasteiger partial charge in [-0.25, -0.2) is 9.78 Å². The summed E-state index contributed by atoms with van der Waals surface area (Å²) in [5, 5.41) is 1.36. The van der Waals surface area contributed by atoms with Gasteiger partial charge in [-0.05, 0) is 18.2 Å². The molecule has 104 valence electrons. The van der Waals surface area contributed by atoms with Crippen molar-refractivity contribution in [2.24, 2.45) is 0 Å². The van der Waals surface area contributed by atoms with Crippen LogP contribution in [0.3, 0.4) is 0 Å². The molecular formula is C17H12ClNO2. The number of carbonyl (C=O) groups excluding carboxylic acids is 1. The van der Waals surface area contributed by atoms with Gasteiger partial charge in [0, 0.05) is 16.0 Å². The average Bonchev–Trinajstić information content (AvgIpc) is 2.53. The van der Waals surface area contributed by atoms with E-state index in [2.05, 4.69) is 4.98 Å². The van der Waals surface area contributed by atoms with Crippen molar-refractivity contribution in [2.45, 2.75) is 0 Å². The van der Waals surface area contributed by atoms with E-state index in [0.29, 0.717) is 16.3 Å². The van der Waals surface area contributed by atoms with Gasteiger partial charge in [0.25, 0.3) is 0 Å². The lowest BCUT2D eigenvalue weighted by molar-refractivity contribution is 0.0603. The minimum absolute atomic E-state index is 0.387. The highest BCUT2D eigenvalue weighted by atomic mass is 35.5. The Labute approximate surface area is 127 Å². The van der Waals surface area contributed by atoms with E-state index >= 15 is 0 Å². The molecule has 0 amide bonds. The third-order valence-corrected chi connectivity index (χ3v) is 3.60. The van der Waals surface area contributed by atoms with Crippen LogP contribution in [0.5, 0.6) is 0 Å². The summed E-state index contributed by atoms with van der Waals surface area (Å²) in [5.41, 5.74) is 2.66. The fourth-order valence-corrected chi connectivity index (χ4v) is 2.49. The molecule has 2 aromatic carbocycles. The number of hydrogen-bond donors (Lipinski definition) is 0. The monoisotopic (exact) mass is 297 g/mol. The minimum atomic E-state index is -0.387. The molecule has 0 atom stereocenters. The van der Waals surface area contributed by atoms with Gasteiger partial charge >= 0.3 is 5.97 Å². The number of benzene rings is 2. The summed E-state index contributed by atoms with van der Waals surface area (Å²) < 4.78 is 4.87. The maximum absolute atomic E-state index is 12.0. The number of carbonyl (C=O) groups is 1. The summed E-state index contributed by atoms with van der Waals surface area (Å²) in [7, 11) is 1.37. The van der Waals surface area contributed by atoms with E-state index in [0.717, 1.165) is 16.5 Å². The Kier molecular flexibility index (Phi) is 3.59. The van der Waals surface area contributed by atoms with Crippen LogP contribution >= 0.6 is 11.6 Å². The Morgan fingerprint density at radius 1 is 1.10 bits per heavy atom. The Balaban J connectivity index is 2.31. The van der Waals surface area contributed by atoms with Crippen molar-refractivity contribution >= 4 is 28.5 Å². The molecule has 0 unspecified atom stereocenters. The van der Waals surface area contributed by atoms with Crippen LogP contribution in [0.1, 0.15) is 10.4 Å². The second kappa shape index (κ2) is 5.54. The number of halogens is 1. The molecule has 3 nitrogen and oxygen atoms in total. The van der Waals surface area contributed by atoms with Crippen molar-refractivity contribution < 1.29 is 9.53 Å². The Morgan fingerprint density at radius 2 is 1.81 bits per heavy atom. The molecule has 0 N–H and O–H groups in total. The lowest BCUT2D eigenvalue weighted by Crippen LogP contribution is -2.03. The van der Waals surface area contributed by atoms with Crippen molar-refractivity contribution in [3.63, 3.8) is 0 Å². The first-order chi connectivity index (χ1) is 10.2. The number of pyridine rings is 1. The van der Waals surface area contributed by atoms with Gasteiger partial charge in [-0.2, -0.15) is 0 Å². The van der Waals surface area contributed by atoms with Crippen LogP contribution in [0.15, 0.2) is 54.6 Å². The normalized spacial score (nSPS) is 10.6. The number of esters is 1. The summed E-state index contributed by atoms with van der Waals surface area (Å²) in [6, 6.07) is 16.6. The first-order valence-corrected chi connectivity index (χ1v) is 6.81. The maximum atomic E-state index is 12.0. The van der Waals surface area contributed by atoms with E-state index in [1.165, 1.54) is 7.11 Å². The van der Waals surface area contributed by atoms with Gasteiger partial charge in [0.05, 0.1) is 23.9 Å². The highest BCUT2D eigenvalue weighted by Gasteiger charge is 2.15. The summed E-state index contributed by atoms with van der Waals surface area (Å²) in [6.07, 6.45) is 0. The zero-order valence-electron chi connectivity index (χ0n) is 11.3. The highest BCUT2D eigenvalue weighted by molar-refractivity contribution is 6.33. The zero-order valence-corrected chi connectivity index (χ0v) is 12.1. The van der Waals surface area contributed by atoms with Gasteiger partial charge in [0.1, 0.15) is 0 Å². The number of ether oxygens (including phenoxy) is 1. The summed E-state index contributed by atoms with van der Waals surface area (Å²) >= 11 is 6.22. The Morgan fingerprint density at radius 3 is 2.57 bits per heavy atom. The molecule has 0 saturated heterocycles. The second-order valence-electron chi connectivity index (χ2n) is 4.54. The summed E-state index contributed by atoms with van der Waals surface area (Å²) in [6.45, 7) is 0. The zero-order chi connectivity index (χ0) is 14.8. The van der Waals surface area contributed by atoms with E-state index in [4.69, 9.17) is 16.3 Å². The molecule has 0 fully saturated rings. The number of fused-ring (bicyclic) bond motifs is 1. The average molecular weight is 298 g/mol. The molecule has 0 radical (unpaired) electrons. The number of para-hydroxylation sites is 1. The second-order valence-corrected chi connectivity index (χ2v) is 4.95. The summed E-state index contributed by atoms with van der Waals surface area (Å²) in [4.78, 5) is 16.6. The van der Waals surface area contributed by atoms with Crippen LogP contribution in [0.25, 0.3) is 22.2 Å². The van der Waals surface area contributed by atoms with E-state index in [9.17, 15) is 4.79 Å². The number of aromatic nitrogens is 1. The van der Waals surface area contributed by atoms with Crippen molar-refractivity contribution in [3.05, 3.63) is 65.2 Å². The largest absolute Gasteiger partial charge is 0.465 e. The highest BCUT2D eigenvalue weighted by Crippen LogP contribution is 2.29. The van der Waals surface area contributed by atoms with Gasteiger partial charge in [0.2, 0.25) is 0 Å². The Bertz CT molecular complexity index is 830. The van der Waals surface area contributed by atoms with Crippen LogP contribution in [0, 0.1) is 0 Å². The first-order valence-electron chi connectivity index (χ1n) is 6.43. The van der Waals surface area contributed by atoms with Gasteiger partial charge in [-0.1, -0.05) is 48.0 Å². The number of hydrogen-bond acceptors (Lipinski definition) is 3. The molecular weight excluding hydrogens is 286 g/mol. The van der Waals surface area contributed by atoms with Crippen LogP contribution in [0.4, 0.5) is 0 Å². The van der Waals surface area contributed by atoms with Crippen LogP contribution in [-0.2, 0) is 4.74 Å². The van der Waals surface area contributed by atoms with Crippen LogP contribution < -0.4 is 0 Å². The van der Waals surface area contributed by atoms with Gasteiger partial charge < -0.3 is 4.74 Å². The molecule has 0 aliphatic rings. The molecule has 0 spiro atoms. The first kappa shape index (κ1) is 13.6. The van der Waals surface area contributed by atoms with Crippen molar-refractivity contribution in [2.75, 3.05) is 7.11 Å². The molecule has 1 aromatic heterocycles. The van der Waals surface area contributed by atoms with Crippen LogP contribution in [0.2, 0.25) is 5.02 Å². The fraction of sp³-hybridized carbons (Fsp3) is 0.0588. The van der Waals surface area contributed by atoms with E-state index in [1.54, 1.807) is 12.1 Å². The van der Waals surface area contributed by atoms with Gasteiger partial charge in [-0.3, -0.25) is 0 Å². The third kappa shape index (κ3) is 2.48. The topological polar surface area (TPSA) is 39.2 Å². The standard InChI is InChI=1S/C17H12ClNO2/c1-21-17(20)13-10-16(12-7-2-4-8-14(12)18)19-15-9-5-3-6-11(13)15/h2-10H,1H3. The van der Waals surface area contributed by atoms with E-state index in [-0.39, 0.29) is 5.97 Å². The van der Waals surface area contributed by atoms with Crippen molar-refractivity contribution in [1.82, 2.24) is 4.98 Å². The lowest BCUT2D eigenvalue weighted by atomic mass is 10.0. The van der Waals surface area contributed by atoms with Crippen molar-refractivity contribution in [3.8, 4) is 11.3 Å².